The molecule has 0 saturated heterocycles. The number of hydrogen-bond acceptors (Lipinski definition) is 3. The van der Waals surface area contributed by atoms with Crippen molar-refractivity contribution in [3.05, 3.63) is 54.1 Å². The highest BCUT2D eigenvalue weighted by Crippen LogP contribution is 2.07. The summed E-state index contributed by atoms with van der Waals surface area (Å²) in [4.78, 5) is 22.9. The van der Waals surface area contributed by atoms with Crippen molar-refractivity contribution < 1.29 is 14.3 Å². The van der Waals surface area contributed by atoms with Crippen molar-refractivity contribution in [2.75, 3.05) is 6.61 Å². The van der Waals surface area contributed by atoms with Gasteiger partial charge in [-0.1, -0.05) is 31.4 Å². The predicted molar refractivity (Wildman–Crippen MR) is 71.3 cm³/mol. The molecule has 0 bridgehead atoms. The van der Waals surface area contributed by atoms with E-state index < -0.39 is 5.97 Å². The molecule has 0 amide bonds. The zero-order chi connectivity index (χ0) is 13.5. The van der Waals surface area contributed by atoms with E-state index in [0.717, 1.165) is 5.56 Å². The summed E-state index contributed by atoms with van der Waals surface area (Å²) >= 11 is 0. The lowest BCUT2D eigenvalue weighted by molar-refractivity contribution is -0.116. The Bertz CT molecular complexity index is 469. The molecule has 3 nitrogen and oxygen atoms in total. The van der Waals surface area contributed by atoms with Crippen molar-refractivity contribution in [2.24, 2.45) is 0 Å². The molecule has 0 radical (unpaired) electrons. The number of Topliss-reactive ketones (excluding diaryl/α,β-unsaturated/α-hetero) is 1. The molecule has 1 aromatic rings. The molecule has 0 fully saturated rings. The Morgan fingerprint density at radius 1 is 1.28 bits per heavy atom. The Kier molecular flexibility index (Phi) is 5.06. The van der Waals surface area contributed by atoms with E-state index in [1.165, 1.54) is 0 Å². The number of allylic oxidation sites excluding steroid dienone is 1. The average Bonchev–Trinajstić information content (AvgIpc) is 2.38. The van der Waals surface area contributed by atoms with Crippen LogP contribution in [0.1, 0.15) is 29.3 Å². The normalized spacial score (nSPS) is 9.61. The van der Waals surface area contributed by atoms with Crippen molar-refractivity contribution in [3.63, 3.8) is 0 Å². The molecular weight excluding hydrogens is 228 g/mol. The van der Waals surface area contributed by atoms with Gasteiger partial charge in [0.15, 0.2) is 5.78 Å². The van der Waals surface area contributed by atoms with Crippen LogP contribution in [0.5, 0.6) is 0 Å². The molecule has 0 unspecified atom stereocenters. The fraction of sp³-hybridized carbons (Fsp3) is 0.200. The van der Waals surface area contributed by atoms with E-state index in [2.05, 4.69) is 13.2 Å². The predicted octanol–water partition coefficient (Wildman–Crippen LogP) is 3.02. The van der Waals surface area contributed by atoms with Gasteiger partial charge in [-0.05, 0) is 30.2 Å². The number of hydrogen-bond donors (Lipinski definition) is 0. The van der Waals surface area contributed by atoms with Gasteiger partial charge in [0.1, 0.15) is 0 Å². The van der Waals surface area contributed by atoms with Gasteiger partial charge in [-0.3, -0.25) is 4.79 Å². The number of esters is 1. The summed E-state index contributed by atoms with van der Waals surface area (Å²) < 4.78 is 5.00. The topological polar surface area (TPSA) is 43.4 Å². The number of carbonyl (C=O) groups excluding carboxylic acids is 2. The summed E-state index contributed by atoms with van der Waals surface area (Å²) in [5.74, 6) is -0.523. The first-order valence-electron chi connectivity index (χ1n) is 5.63. The number of rotatable bonds is 6. The van der Waals surface area contributed by atoms with Gasteiger partial charge in [0.25, 0.3) is 0 Å². The van der Waals surface area contributed by atoms with Crippen LogP contribution in [0, 0.1) is 0 Å². The number of benzene rings is 1. The molecule has 0 heterocycles. The fourth-order valence-corrected chi connectivity index (χ4v) is 1.29. The van der Waals surface area contributed by atoms with Gasteiger partial charge < -0.3 is 4.74 Å². The molecule has 0 aliphatic rings. The van der Waals surface area contributed by atoms with Crippen LogP contribution >= 0.6 is 0 Å². The summed E-state index contributed by atoms with van der Waals surface area (Å²) in [5.41, 5.74) is 1.87. The third-order valence-corrected chi connectivity index (χ3v) is 2.42. The quantitative estimate of drug-likeness (QED) is 0.570. The van der Waals surface area contributed by atoms with Gasteiger partial charge in [-0.25, -0.2) is 4.79 Å². The molecule has 0 atom stereocenters. The molecule has 0 saturated carbocycles. The zero-order valence-electron chi connectivity index (χ0n) is 10.4. The van der Waals surface area contributed by atoms with Crippen LogP contribution in [-0.4, -0.2) is 18.4 Å². The summed E-state index contributed by atoms with van der Waals surface area (Å²) in [6, 6.07) is 6.89. The SMILES string of the molecule is C=Cc1ccc(C(=O)OCCC(=O)C(=C)C)cc1. The van der Waals surface area contributed by atoms with E-state index in [9.17, 15) is 9.59 Å². The highest BCUT2D eigenvalue weighted by atomic mass is 16.5. The average molecular weight is 244 g/mol. The number of ether oxygens (including phenoxy) is 1. The summed E-state index contributed by atoms with van der Waals surface area (Å²) in [6.07, 6.45) is 1.87. The molecule has 1 aromatic carbocycles. The van der Waals surface area contributed by atoms with Crippen LogP contribution in [0.4, 0.5) is 0 Å². The molecule has 94 valence electrons. The van der Waals surface area contributed by atoms with Gasteiger partial charge in [0, 0.05) is 6.42 Å². The molecule has 0 spiro atoms. The smallest absolute Gasteiger partial charge is 0.338 e. The van der Waals surface area contributed by atoms with E-state index in [1.54, 1.807) is 37.3 Å². The van der Waals surface area contributed by atoms with Gasteiger partial charge in [-0.2, -0.15) is 0 Å². The monoisotopic (exact) mass is 244 g/mol. The largest absolute Gasteiger partial charge is 0.462 e. The summed E-state index contributed by atoms with van der Waals surface area (Å²) in [7, 11) is 0. The van der Waals surface area contributed by atoms with Crippen molar-refractivity contribution in [1.82, 2.24) is 0 Å². The lowest BCUT2D eigenvalue weighted by Crippen LogP contribution is -2.10. The highest BCUT2D eigenvalue weighted by Gasteiger charge is 2.08. The molecule has 18 heavy (non-hydrogen) atoms. The van der Waals surface area contributed by atoms with E-state index in [-0.39, 0.29) is 18.8 Å². The zero-order valence-corrected chi connectivity index (χ0v) is 10.4. The Balaban J connectivity index is 2.47. The van der Waals surface area contributed by atoms with E-state index in [4.69, 9.17) is 4.74 Å². The standard InChI is InChI=1S/C15H16O3/c1-4-12-5-7-13(8-6-12)15(17)18-10-9-14(16)11(2)3/h4-8H,1-2,9-10H2,3H3. The highest BCUT2D eigenvalue weighted by molar-refractivity contribution is 5.94. The second kappa shape index (κ2) is 6.55. The lowest BCUT2D eigenvalue weighted by Gasteiger charge is -2.04. The third-order valence-electron chi connectivity index (χ3n) is 2.42. The van der Waals surface area contributed by atoms with Crippen molar-refractivity contribution in [2.45, 2.75) is 13.3 Å². The molecular formula is C15H16O3. The van der Waals surface area contributed by atoms with Crippen LogP contribution in [0.2, 0.25) is 0 Å². The van der Waals surface area contributed by atoms with Crippen LogP contribution in [-0.2, 0) is 9.53 Å². The van der Waals surface area contributed by atoms with E-state index >= 15 is 0 Å². The maximum Gasteiger partial charge on any atom is 0.338 e. The maximum absolute atomic E-state index is 11.6. The minimum absolute atomic E-state index is 0.0771. The molecule has 0 aliphatic carbocycles. The van der Waals surface area contributed by atoms with Crippen molar-refractivity contribution in [3.8, 4) is 0 Å². The Morgan fingerprint density at radius 3 is 2.39 bits per heavy atom. The molecule has 3 heteroatoms. The first-order chi connectivity index (χ1) is 8.54. The van der Waals surface area contributed by atoms with E-state index in [0.29, 0.717) is 11.1 Å². The minimum Gasteiger partial charge on any atom is -0.462 e. The van der Waals surface area contributed by atoms with E-state index in [1.807, 2.05) is 0 Å². The molecule has 0 N–H and O–H groups in total. The Hall–Kier alpha value is -2.16. The molecule has 0 aromatic heterocycles. The molecule has 1 rings (SSSR count). The van der Waals surface area contributed by atoms with Gasteiger partial charge in [0.05, 0.1) is 12.2 Å². The van der Waals surface area contributed by atoms with Crippen LogP contribution in [0.15, 0.2) is 43.0 Å². The van der Waals surface area contributed by atoms with Crippen LogP contribution in [0.3, 0.4) is 0 Å². The van der Waals surface area contributed by atoms with Crippen LogP contribution < -0.4 is 0 Å². The van der Waals surface area contributed by atoms with Gasteiger partial charge in [-0.15, -0.1) is 0 Å². The second-order valence-electron chi connectivity index (χ2n) is 3.92. The van der Waals surface area contributed by atoms with Gasteiger partial charge >= 0.3 is 5.97 Å². The van der Waals surface area contributed by atoms with Crippen molar-refractivity contribution in [1.29, 1.82) is 0 Å². The molecule has 0 aliphatic heterocycles. The maximum atomic E-state index is 11.6. The summed E-state index contributed by atoms with van der Waals surface area (Å²) in [5, 5.41) is 0. The fourth-order valence-electron chi connectivity index (χ4n) is 1.29. The minimum atomic E-state index is -0.430. The summed E-state index contributed by atoms with van der Waals surface area (Å²) in [6.45, 7) is 8.87. The Labute approximate surface area is 107 Å². The number of ketones is 1. The number of carbonyl (C=O) groups is 2. The Morgan fingerprint density at radius 2 is 1.89 bits per heavy atom. The van der Waals surface area contributed by atoms with Crippen molar-refractivity contribution >= 4 is 17.8 Å². The first kappa shape index (κ1) is 13.9. The third kappa shape index (κ3) is 4.01. The van der Waals surface area contributed by atoms with Crippen LogP contribution in [0.25, 0.3) is 6.08 Å². The lowest BCUT2D eigenvalue weighted by atomic mass is 10.1. The second-order valence-corrected chi connectivity index (χ2v) is 3.92. The van der Waals surface area contributed by atoms with Gasteiger partial charge in [0.2, 0.25) is 0 Å². The first-order valence-corrected chi connectivity index (χ1v) is 5.63.